The Hall–Kier alpha value is 2.53. The van der Waals surface area contributed by atoms with Crippen LogP contribution in [0.4, 0.5) is 0 Å². The van der Waals surface area contributed by atoms with Crippen molar-refractivity contribution in [3.8, 4) is 0 Å². The molecular weight excluding hydrogens is 392 g/mol. The molecule has 0 N–H and O–H groups in total. The fourth-order valence-corrected chi connectivity index (χ4v) is 0. The third-order valence-electron chi connectivity index (χ3n) is 0. The first-order chi connectivity index (χ1) is 2.00. The van der Waals surface area contributed by atoms with Gasteiger partial charge in [-0.25, -0.2) is 0 Å². The molecule has 42 valence electrons. The van der Waals surface area contributed by atoms with E-state index in [9.17, 15) is 0 Å². The topological polar surface area (TPSA) is 0 Å². The molecule has 0 atom stereocenters. The van der Waals surface area contributed by atoms with Crippen LogP contribution in [0.1, 0.15) is 0 Å². The van der Waals surface area contributed by atoms with E-state index in [1.54, 1.807) is 0 Å². The van der Waals surface area contributed by atoms with Gasteiger partial charge in [-0.3, -0.25) is 0 Å². The van der Waals surface area contributed by atoms with Crippen LogP contribution >= 0.6 is 47.8 Å². The van der Waals surface area contributed by atoms with E-state index >= 15 is 0 Å². The van der Waals surface area contributed by atoms with Crippen molar-refractivity contribution < 1.29 is 22.4 Å². The summed E-state index contributed by atoms with van der Waals surface area (Å²) in [5.41, 5.74) is 0. The van der Waals surface area contributed by atoms with Gasteiger partial charge < -0.3 is 12.6 Å². The number of halogens is 3. The van der Waals surface area contributed by atoms with Crippen LogP contribution in [0.25, 0.3) is 0 Å². The van der Waals surface area contributed by atoms with E-state index in [2.05, 4.69) is 60.4 Å². The van der Waals surface area contributed by atoms with Crippen LogP contribution in [0.2, 0.25) is 0 Å². The molecule has 0 saturated heterocycles. The van der Waals surface area contributed by atoms with E-state index in [1.807, 2.05) is 0 Å². The Kier molecular flexibility index (Phi) is 8.34. The number of hydrogen-bond acceptors (Lipinski definition) is 1. The molecular formula is CAgBr3S. The number of rotatable bonds is 0. The van der Waals surface area contributed by atoms with Gasteiger partial charge in [0.25, 0.3) is 0 Å². The predicted octanol–water partition coefficient (Wildman–Crippen LogP) is 2.33. The maximum atomic E-state index is 4.58. The van der Waals surface area contributed by atoms with Gasteiger partial charge in [0.1, 0.15) is 0 Å². The average Bonchev–Trinajstić information content (AvgIpc) is 0.722. The maximum Gasteiger partial charge on any atom is 1.00 e. The molecule has 0 aliphatic carbocycles. The SMILES string of the molecule is [Ag+].[S-]C(Br)(Br)Br. The third-order valence-corrected chi connectivity index (χ3v) is 0. The van der Waals surface area contributed by atoms with E-state index in [4.69, 9.17) is 0 Å². The van der Waals surface area contributed by atoms with Crippen molar-refractivity contribution in [2.45, 2.75) is 1.47 Å². The van der Waals surface area contributed by atoms with Gasteiger partial charge in [0.15, 0.2) is 0 Å². The fourth-order valence-electron chi connectivity index (χ4n) is 0. The first-order valence-corrected chi connectivity index (χ1v) is 3.56. The van der Waals surface area contributed by atoms with Gasteiger partial charge in [-0.05, 0) is 0 Å². The molecule has 0 unspecified atom stereocenters. The van der Waals surface area contributed by atoms with E-state index in [0.29, 0.717) is 0 Å². The quantitative estimate of drug-likeness (QED) is 0.347. The maximum absolute atomic E-state index is 4.58. The molecule has 0 radical (unpaired) electrons. The Morgan fingerprint density at radius 3 is 1.17 bits per heavy atom. The summed E-state index contributed by atoms with van der Waals surface area (Å²) in [7, 11) is 0. The molecule has 0 fully saturated rings. The summed E-state index contributed by atoms with van der Waals surface area (Å²) in [6.07, 6.45) is 0. The molecule has 6 heavy (non-hydrogen) atoms. The summed E-state index contributed by atoms with van der Waals surface area (Å²) >= 11 is 13.6. The second-order valence-corrected chi connectivity index (χ2v) is 9.39. The Morgan fingerprint density at radius 1 is 1.17 bits per heavy atom. The van der Waals surface area contributed by atoms with E-state index in [1.165, 1.54) is 0 Å². The minimum atomic E-state index is -0.479. The average molecular weight is 392 g/mol. The number of hydrogen-bond donors (Lipinski definition) is 0. The van der Waals surface area contributed by atoms with Crippen LogP contribution in [0, 0.1) is 0 Å². The Morgan fingerprint density at radius 2 is 1.17 bits per heavy atom. The summed E-state index contributed by atoms with van der Waals surface area (Å²) in [6, 6.07) is 0. The minimum Gasteiger partial charge on any atom is -0.752 e. The largest absolute Gasteiger partial charge is 1.00 e. The summed E-state index contributed by atoms with van der Waals surface area (Å²) in [5, 5.41) is 0. The summed E-state index contributed by atoms with van der Waals surface area (Å²) in [4.78, 5) is 0. The molecule has 0 nitrogen and oxygen atoms in total. The van der Waals surface area contributed by atoms with Crippen LogP contribution in [0.15, 0.2) is 0 Å². The molecule has 0 aliphatic heterocycles. The van der Waals surface area contributed by atoms with Gasteiger partial charge in [-0.15, -0.1) is 0 Å². The van der Waals surface area contributed by atoms with Crippen LogP contribution in [-0.2, 0) is 35.0 Å². The molecule has 0 spiro atoms. The van der Waals surface area contributed by atoms with Crippen LogP contribution in [-0.4, -0.2) is 1.47 Å². The second-order valence-electron chi connectivity index (χ2n) is 0.446. The van der Waals surface area contributed by atoms with Crippen molar-refractivity contribution >= 4 is 60.4 Å². The first kappa shape index (κ1) is 11.3. The Labute approximate surface area is 83.1 Å². The first-order valence-electron chi connectivity index (χ1n) is 0.771. The standard InChI is InChI=1S/CHBr3S.Ag/c2-1(3,4)5;/h5H;/q;+1/p-1. The molecule has 0 aromatic heterocycles. The van der Waals surface area contributed by atoms with E-state index in [0.717, 1.165) is 0 Å². The van der Waals surface area contributed by atoms with Gasteiger partial charge in [0, 0.05) is 1.47 Å². The van der Waals surface area contributed by atoms with Gasteiger partial charge in [0.05, 0.1) is 0 Å². The zero-order chi connectivity index (χ0) is 4.50. The molecule has 0 rings (SSSR count). The van der Waals surface area contributed by atoms with Gasteiger partial charge in [0.2, 0.25) is 0 Å². The zero-order valence-corrected chi connectivity index (χ0v) is 9.40. The molecule has 5 heteroatoms. The summed E-state index contributed by atoms with van der Waals surface area (Å²) in [6.45, 7) is 0. The second kappa shape index (κ2) is 4.41. The van der Waals surface area contributed by atoms with Gasteiger partial charge in [-0.2, -0.15) is 0 Å². The molecule has 0 aromatic carbocycles. The van der Waals surface area contributed by atoms with Crippen molar-refractivity contribution in [1.29, 1.82) is 0 Å². The molecule has 0 heterocycles. The number of alkyl halides is 3. The van der Waals surface area contributed by atoms with Crippen molar-refractivity contribution in [3.63, 3.8) is 0 Å². The zero-order valence-electron chi connectivity index (χ0n) is 2.34. The van der Waals surface area contributed by atoms with Crippen LogP contribution in [0.5, 0.6) is 0 Å². The molecule has 0 bridgehead atoms. The molecule has 0 aliphatic rings. The normalized spacial score (nSPS) is 10.0. The van der Waals surface area contributed by atoms with Crippen molar-refractivity contribution in [2.75, 3.05) is 0 Å². The van der Waals surface area contributed by atoms with Crippen LogP contribution < -0.4 is 0 Å². The van der Waals surface area contributed by atoms with Crippen molar-refractivity contribution in [2.24, 2.45) is 0 Å². The van der Waals surface area contributed by atoms with Crippen molar-refractivity contribution in [1.82, 2.24) is 0 Å². The third kappa shape index (κ3) is 31.2. The smallest absolute Gasteiger partial charge is 0.752 e. The Balaban J connectivity index is 0. The van der Waals surface area contributed by atoms with Crippen molar-refractivity contribution in [3.05, 3.63) is 0 Å². The molecule has 0 saturated carbocycles. The monoisotopic (exact) mass is 388 g/mol. The molecule has 0 amide bonds. The van der Waals surface area contributed by atoms with Gasteiger partial charge >= 0.3 is 22.4 Å². The van der Waals surface area contributed by atoms with Crippen LogP contribution in [0.3, 0.4) is 0 Å². The van der Waals surface area contributed by atoms with E-state index in [-0.39, 0.29) is 22.4 Å². The van der Waals surface area contributed by atoms with Gasteiger partial charge in [-0.1, -0.05) is 47.8 Å². The summed E-state index contributed by atoms with van der Waals surface area (Å²) < 4.78 is -0.479. The minimum absolute atomic E-state index is 0. The fraction of sp³-hybridized carbons (Fsp3) is 1.00. The predicted molar refractivity (Wildman–Crippen MR) is 36.9 cm³/mol. The summed E-state index contributed by atoms with van der Waals surface area (Å²) in [5.74, 6) is 0. The Bertz CT molecular complexity index is 26.3. The van der Waals surface area contributed by atoms with E-state index < -0.39 is 1.47 Å². The molecule has 0 aromatic rings.